The first-order valence-corrected chi connectivity index (χ1v) is 5.32. The van der Waals surface area contributed by atoms with Crippen LogP contribution in [0.15, 0.2) is 6.33 Å². The number of rotatable bonds is 3. The van der Waals surface area contributed by atoms with Gasteiger partial charge in [-0.2, -0.15) is 0 Å². The molecule has 1 aliphatic rings. The van der Waals surface area contributed by atoms with Crippen LogP contribution in [0.25, 0.3) is 0 Å². The summed E-state index contributed by atoms with van der Waals surface area (Å²) < 4.78 is 1.26. The number of aromatic nitrogens is 3. The van der Waals surface area contributed by atoms with Crippen molar-refractivity contribution in [1.29, 1.82) is 0 Å². The van der Waals surface area contributed by atoms with Gasteiger partial charge in [0.15, 0.2) is 0 Å². The minimum absolute atomic E-state index is 0.0730. The molecule has 0 aromatic carbocycles. The molecule has 96 valence electrons. The number of nitrogen functional groups attached to an aromatic ring is 1. The third-order valence-corrected chi connectivity index (χ3v) is 2.43. The van der Waals surface area contributed by atoms with Crippen LogP contribution >= 0.6 is 0 Å². The van der Waals surface area contributed by atoms with E-state index in [1.54, 1.807) is 0 Å². The normalized spacial score (nSPS) is 19.4. The van der Waals surface area contributed by atoms with Crippen molar-refractivity contribution in [2.75, 3.05) is 5.73 Å². The molecular weight excluding hydrogens is 240 g/mol. The minimum atomic E-state index is -0.684. The molecule has 1 unspecified atom stereocenters. The monoisotopic (exact) mass is 252 g/mol. The van der Waals surface area contributed by atoms with Gasteiger partial charge in [0.1, 0.15) is 18.9 Å². The Balaban J connectivity index is 1.87. The maximum absolute atomic E-state index is 11.6. The third-order valence-electron chi connectivity index (χ3n) is 2.43. The fraction of sp³-hybridized carbons (Fsp3) is 0.444. The third kappa shape index (κ3) is 2.81. The second kappa shape index (κ2) is 4.82. The minimum Gasteiger partial charge on any atom is -0.367 e. The second-order valence-electron chi connectivity index (χ2n) is 3.87. The number of hydrogen-bond acceptors (Lipinski definition) is 6. The zero-order valence-electron chi connectivity index (χ0n) is 9.42. The first-order valence-electron chi connectivity index (χ1n) is 5.32. The maximum Gasteiger partial charge on any atom is 0.249 e. The van der Waals surface area contributed by atoms with Crippen molar-refractivity contribution >= 4 is 23.7 Å². The van der Waals surface area contributed by atoms with Crippen LogP contribution in [0.3, 0.4) is 0 Å². The van der Waals surface area contributed by atoms with Crippen LogP contribution in [0.2, 0.25) is 0 Å². The highest BCUT2D eigenvalue weighted by atomic mass is 16.2. The summed E-state index contributed by atoms with van der Waals surface area (Å²) in [5, 5.41) is 8.41. The number of anilines is 1. The summed E-state index contributed by atoms with van der Waals surface area (Å²) in [5.41, 5.74) is 5.30. The van der Waals surface area contributed by atoms with E-state index in [0.717, 1.165) is 0 Å². The van der Waals surface area contributed by atoms with E-state index >= 15 is 0 Å². The highest BCUT2D eigenvalue weighted by Crippen LogP contribution is 2.04. The summed E-state index contributed by atoms with van der Waals surface area (Å²) in [6.07, 6.45) is 1.84. The standard InChI is InChI=1S/C9H12N6O3/c10-9-11-4-15(14-9)3-7(17)12-5-1-2-6(16)13-8(5)18/h4-5H,1-3H2,(H2,10,14)(H,12,17)(H,13,16,18). The molecule has 1 aromatic rings. The van der Waals surface area contributed by atoms with Gasteiger partial charge in [-0.3, -0.25) is 19.7 Å². The summed E-state index contributed by atoms with van der Waals surface area (Å²) in [5.74, 6) is -1.13. The van der Waals surface area contributed by atoms with E-state index in [2.05, 4.69) is 20.7 Å². The zero-order valence-corrected chi connectivity index (χ0v) is 9.42. The van der Waals surface area contributed by atoms with Gasteiger partial charge in [-0.05, 0) is 6.42 Å². The Morgan fingerprint density at radius 2 is 2.39 bits per heavy atom. The molecule has 1 aromatic heterocycles. The van der Waals surface area contributed by atoms with E-state index < -0.39 is 17.9 Å². The fourth-order valence-corrected chi connectivity index (χ4v) is 1.60. The molecule has 1 atom stereocenters. The van der Waals surface area contributed by atoms with Crippen LogP contribution in [-0.2, 0) is 20.9 Å². The Morgan fingerprint density at radius 1 is 1.61 bits per heavy atom. The smallest absolute Gasteiger partial charge is 0.249 e. The van der Waals surface area contributed by atoms with Gasteiger partial charge >= 0.3 is 0 Å². The summed E-state index contributed by atoms with van der Waals surface area (Å²) in [6, 6.07) is -0.684. The number of nitrogens with zero attached hydrogens (tertiary/aromatic N) is 3. The molecule has 0 saturated carbocycles. The highest BCUT2D eigenvalue weighted by Gasteiger charge is 2.27. The number of piperidine rings is 1. The van der Waals surface area contributed by atoms with E-state index in [1.165, 1.54) is 11.0 Å². The van der Waals surface area contributed by atoms with Gasteiger partial charge in [-0.1, -0.05) is 0 Å². The van der Waals surface area contributed by atoms with Gasteiger partial charge in [-0.15, -0.1) is 5.10 Å². The second-order valence-corrected chi connectivity index (χ2v) is 3.87. The van der Waals surface area contributed by atoms with Crippen LogP contribution in [0.5, 0.6) is 0 Å². The Bertz CT molecular complexity index is 496. The van der Waals surface area contributed by atoms with Crippen molar-refractivity contribution < 1.29 is 14.4 Å². The summed E-state index contributed by atoms with van der Waals surface area (Å²) in [4.78, 5) is 37.6. The fourth-order valence-electron chi connectivity index (χ4n) is 1.60. The molecule has 1 aliphatic heterocycles. The number of carbonyl (C=O) groups is 3. The first kappa shape index (κ1) is 12.0. The number of hydrogen-bond donors (Lipinski definition) is 3. The van der Waals surface area contributed by atoms with E-state index in [9.17, 15) is 14.4 Å². The quantitative estimate of drug-likeness (QED) is 0.522. The Hall–Kier alpha value is -2.45. The average molecular weight is 252 g/mol. The number of nitrogens with one attached hydrogen (secondary N) is 2. The van der Waals surface area contributed by atoms with Crippen LogP contribution in [0.1, 0.15) is 12.8 Å². The summed E-state index contributed by atoms with van der Waals surface area (Å²) in [6.45, 7) is -0.0814. The maximum atomic E-state index is 11.6. The molecule has 1 saturated heterocycles. The van der Waals surface area contributed by atoms with Gasteiger partial charge in [0.05, 0.1) is 0 Å². The van der Waals surface area contributed by atoms with Crippen molar-refractivity contribution in [2.45, 2.75) is 25.4 Å². The molecule has 0 bridgehead atoms. The molecule has 0 spiro atoms. The van der Waals surface area contributed by atoms with E-state index in [1.807, 2.05) is 0 Å². The van der Waals surface area contributed by atoms with E-state index in [-0.39, 0.29) is 24.8 Å². The van der Waals surface area contributed by atoms with E-state index in [4.69, 9.17) is 5.73 Å². The largest absolute Gasteiger partial charge is 0.367 e. The Kier molecular flexibility index (Phi) is 3.22. The highest BCUT2D eigenvalue weighted by molar-refractivity contribution is 6.01. The van der Waals surface area contributed by atoms with Gasteiger partial charge in [0.25, 0.3) is 0 Å². The van der Waals surface area contributed by atoms with Crippen molar-refractivity contribution in [3.05, 3.63) is 6.33 Å². The van der Waals surface area contributed by atoms with Crippen molar-refractivity contribution in [3.8, 4) is 0 Å². The average Bonchev–Trinajstić information content (AvgIpc) is 2.68. The van der Waals surface area contributed by atoms with Gasteiger partial charge in [-0.25, -0.2) is 9.67 Å². The molecule has 9 heteroatoms. The van der Waals surface area contributed by atoms with Crippen molar-refractivity contribution in [3.63, 3.8) is 0 Å². The molecule has 9 nitrogen and oxygen atoms in total. The van der Waals surface area contributed by atoms with Gasteiger partial charge in [0, 0.05) is 6.42 Å². The molecule has 3 amide bonds. The lowest BCUT2D eigenvalue weighted by atomic mass is 10.1. The lowest BCUT2D eigenvalue weighted by Crippen LogP contribution is -2.52. The van der Waals surface area contributed by atoms with Crippen LogP contribution in [0.4, 0.5) is 5.95 Å². The van der Waals surface area contributed by atoms with Crippen molar-refractivity contribution in [1.82, 2.24) is 25.4 Å². The van der Waals surface area contributed by atoms with Crippen LogP contribution in [-0.4, -0.2) is 38.5 Å². The van der Waals surface area contributed by atoms with Gasteiger partial charge in [0.2, 0.25) is 23.7 Å². The molecule has 2 heterocycles. The number of carbonyl (C=O) groups excluding carboxylic acids is 3. The molecular formula is C9H12N6O3. The predicted molar refractivity (Wildman–Crippen MR) is 58.7 cm³/mol. The lowest BCUT2D eigenvalue weighted by Gasteiger charge is -2.21. The lowest BCUT2D eigenvalue weighted by molar-refractivity contribution is -0.137. The Morgan fingerprint density at radius 3 is 3.00 bits per heavy atom. The first-order chi connectivity index (χ1) is 8.54. The molecule has 0 aliphatic carbocycles. The van der Waals surface area contributed by atoms with Gasteiger partial charge < -0.3 is 11.1 Å². The number of imide groups is 1. The molecule has 4 N–H and O–H groups in total. The number of amides is 3. The van der Waals surface area contributed by atoms with Crippen LogP contribution < -0.4 is 16.4 Å². The molecule has 1 fully saturated rings. The Labute approximate surface area is 102 Å². The number of nitrogens with two attached hydrogens (primary N) is 1. The molecule has 18 heavy (non-hydrogen) atoms. The van der Waals surface area contributed by atoms with Crippen LogP contribution in [0, 0.1) is 0 Å². The SMILES string of the molecule is Nc1ncn(CC(=O)NC2CCC(=O)NC2=O)n1. The summed E-state index contributed by atoms with van der Waals surface area (Å²) >= 11 is 0. The zero-order chi connectivity index (χ0) is 13.1. The predicted octanol–water partition coefficient (Wildman–Crippen LogP) is -2.22. The topological polar surface area (TPSA) is 132 Å². The molecule has 0 radical (unpaired) electrons. The molecule has 2 rings (SSSR count). The summed E-state index contributed by atoms with van der Waals surface area (Å²) in [7, 11) is 0. The van der Waals surface area contributed by atoms with Crippen molar-refractivity contribution in [2.24, 2.45) is 0 Å². The van der Waals surface area contributed by atoms with E-state index in [0.29, 0.717) is 6.42 Å².